The molecule has 0 aliphatic heterocycles. The predicted octanol–water partition coefficient (Wildman–Crippen LogP) is 3.24. The van der Waals surface area contributed by atoms with E-state index in [-0.39, 0.29) is 11.6 Å². The molecular weight excluding hydrogens is 296 g/mol. The van der Waals surface area contributed by atoms with Crippen LogP contribution in [0, 0.1) is 18.3 Å². The lowest BCUT2D eigenvalue weighted by Gasteiger charge is -2.03. The van der Waals surface area contributed by atoms with Crippen molar-refractivity contribution in [3.05, 3.63) is 39.8 Å². The fourth-order valence-corrected chi connectivity index (χ4v) is 3.86. The third-order valence-corrected chi connectivity index (χ3v) is 4.98. The van der Waals surface area contributed by atoms with E-state index in [0.29, 0.717) is 10.6 Å². The number of hydrogen-bond donors (Lipinski definition) is 1. The van der Waals surface area contributed by atoms with Crippen LogP contribution in [0.15, 0.2) is 12.4 Å². The summed E-state index contributed by atoms with van der Waals surface area (Å²) in [7, 11) is 0. The number of hydrogen-bond acceptors (Lipinski definition) is 5. The van der Waals surface area contributed by atoms with Crippen LogP contribution in [0.25, 0.3) is 0 Å². The maximum Gasteiger partial charge on any atom is 0.276 e. The average Bonchev–Trinajstić information content (AvgIpc) is 2.68. The minimum Gasteiger partial charge on any atom is -0.311 e. The Morgan fingerprint density at radius 1 is 1.27 bits per heavy atom. The first-order valence-corrected chi connectivity index (χ1v) is 8.15. The van der Waals surface area contributed by atoms with Gasteiger partial charge in [-0.2, -0.15) is 5.26 Å². The molecule has 0 saturated heterocycles. The van der Waals surface area contributed by atoms with Gasteiger partial charge in [-0.3, -0.25) is 9.78 Å². The van der Waals surface area contributed by atoms with Gasteiger partial charge >= 0.3 is 0 Å². The third kappa shape index (κ3) is 2.85. The lowest BCUT2D eigenvalue weighted by molar-refractivity contribution is 0.102. The maximum atomic E-state index is 12.3. The van der Waals surface area contributed by atoms with Gasteiger partial charge in [0.2, 0.25) is 0 Å². The Bertz CT molecular complexity index is 743. The van der Waals surface area contributed by atoms with Crippen molar-refractivity contribution in [3.8, 4) is 6.07 Å². The Balaban J connectivity index is 1.88. The molecule has 0 unspecified atom stereocenters. The largest absolute Gasteiger partial charge is 0.311 e. The Labute approximate surface area is 133 Å². The van der Waals surface area contributed by atoms with E-state index in [0.717, 1.165) is 36.9 Å². The van der Waals surface area contributed by atoms with Gasteiger partial charge in [0.25, 0.3) is 5.91 Å². The van der Waals surface area contributed by atoms with Crippen molar-refractivity contribution < 1.29 is 4.79 Å². The molecule has 0 aromatic carbocycles. The number of nitrogens with zero attached hydrogens (tertiary/aromatic N) is 3. The highest BCUT2D eigenvalue weighted by atomic mass is 32.1. The van der Waals surface area contributed by atoms with Crippen LogP contribution in [0.4, 0.5) is 5.00 Å². The number of anilines is 1. The summed E-state index contributed by atoms with van der Waals surface area (Å²) < 4.78 is 0. The molecule has 0 radical (unpaired) electrons. The lowest BCUT2D eigenvalue weighted by atomic mass is 10.1. The number of fused-ring (bicyclic) bond motifs is 1. The van der Waals surface area contributed by atoms with Crippen LogP contribution in [0.3, 0.4) is 0 Å². The second-order valence-electron chi connectivity index (χ2n) is 5.38. The van der Waals surface area contributed by atoms with Gasteiger partial charge in [-0.25, -0.2) is 4.98 Å². The molecule has 5 nitrogen and oxygen atoms in total. The number of nitriles is 1. The molecule has 0 fully saturated rings. The van der Waals surface area contributed by atoms with Crippen molar-refractivity contribution >= 4 is 22.2 Å². The Hall–Kier alpha value is -2.26. The number of aromatic nitrogens is 2. The molecule has 0 atom stereocenters. The van der Waals surface area contributed by atoms with E-state index < -0.39 is 0 Å². The molecule has 2 aromatic heterocycles. The smallest absolute Gasteiger partial charge is 0.276 e. The first-order valence-electron chi connectivity index (χ1n) is 7.33. The normalized spacial score (nSPS) is 13.8. The SMILES string of the molecule is Cc1cnc(C(=O)Nc2sc3c(c2C#N)CCCCC3)cn1. The fraction of sp³-hybridized carbons (Fsp3) is 0.375. The first-order chi connectivity index (χ1) is 10.7. The van der Waals surface area contributed by atoms with Gasteiger partial charge in [-0.15, -0.1) is 11.3 Å². The summed E-state index contributed by atoms with van der Waals surface area (Å²) in [6.07, 6.45) is 8.39. The summed E-state index contributed by atoms with van der Waals surface area (Å²) >= 11 is 1.52. The van der Waals surface area contributed by atoms with Crippen LogP contribution in [-0.2, 0) is 12.8 Å². The van der Waals surface area contributed by atoms with Gasteiger partial charge < -0.3 is 5.32 Å². The third-order valence-electron chi connectivity index (χ3n) is 3.77. The second kappa shape index (κ2) is 6.24. The van der Waals surface area contributed by atoms with Crippen LogP contribution in [0.2, 0.25) is 0 Å². The minimum absolute atomic E-state index is 0.262. The van der Waals surface area contributed by atoms with E-state index in [2.05, 4.69) is 21.4 Å². The predicted molar refractivity (Wildman–Crippen MR) is 85.0 cm³/mol. The van der Waals surface area contributed by atoms with Crippen LogP contribution < -0.4 is 5.32 Å². The molecule has 1 N–H and O–H groups in total. The Morgan fingerprint density at radius 2 is 2.09 bits per heavy atom. The van der Waals surface area contributed by atoms with Gasteiger partial charge in [-0.1, -0.05) is 6.42 Å². The Kier molecular flexibility index (Phi) is 4.16. The molecule has 0 bridgehead atoms. The number of amides is 1. The molecule has 22 heavy (non-hydrogen) atoms. The Morgan fingerprint density at radius 3 is 2.82 bits per heavy atom. The number of rotatable bonds is 2. The van der Waals surface area contributed by atoms with E-state index in [1.165, 1.54) is 28.8 Å². The van der Waals surface area contributed by atoms with Crippen LogP contribution >= 0.6 is 11.3 Å². The quantitative estimate of drug-likeness (QED) is 0.863. The molecule has 1 aliphatic rings. The number of carbonyl (C=O) groups excluding carboxylic acids is 1. The van der Waals surface area contributed by atoms with Crippen molar-refractivity contribution in [2.75, 3.05) is 5.32 Å². The summed E-state index contributed by atoms with van der Waals surface area (Å²) in [4.78, 5) is 21.6. The molecule has 6 heteroatoms. The molecule has 2 heterocycles. The van der Waals surface area contributed by atoms with Gasteiger partial charge in [0, 0.05) is 11.1 Å². The van der Waals surface area contributed by atoms with Crippen LogP contribution in [-0.4, -0.2) is 15.9 Å². The number of thiophene rings is 1. The monoisotopic (exact) mass is 312 g/mol. The second-order valence-corrected chi connectivity index (χ2v) is 6.48. The molecule has 0 saturated carbocycles. The van der Waals surface area contributed by atoms with E-state index >= 15 is 0 Å². The standard InChI is InChI=1S/C16H16N4OS/c1-10-8-19-13(9-18-10)15(21)20-16-12(7-17)11-5-3-2-4-6-14(11)22-16/h8-9H,2-6H2,1H3,(H,20,21). The van der Waals surface area contributed by atoms with Gasteiger partial charge in [0.05, 0.1) is 17.5 Å². The van der Waals surface area contributed by atoms with Crippen LogP contribution in [0.1, 0.15) is 51.4 Å². The maximum absolute atomic E-state index is 12.3. The molecule has 2 aromatic rings. The summed E-state index contributed by atoms with van der Waals surface area (Å²) in [5.74, 6) is -0.319. The minimum atomic E-state index is -0.319. The number of carbonyl (C=O) groups is 1. The highest BCUT2D eigenvalue weighted by Gasteiger charge is 2.21. The van der Waals surface area contributed by atoms with Crippen molar-refractivity contribution in [2.24, 2.45) is 0 Å². The molecule has 0 spiro atoms. The van der Waals surface area contributed by atoms with Crippen molar-refractivity contribution in [2.45, 2.75) is 39.0 Å². The summed E-state index contributed by atoms with van der Waals surface area (Å²) in [5.41, 5.74) is 2.76. The number of aryl methyl sites for hydroxylation is 2. The van der Waals surface area contributed by atoms with E-state index in [1.54, 1.807) is 6.20 Å². The van der Waals surface area contributed by atoms with Gasteiger partial charge in [0.1, 0.15) is 16.8 Å². The van der Waals surface area contributed by atoms with Crippen molar-refractivity contribution in [1.29, 1.82) is 5.26 Å². The summed E-state index contributed by atoms with van der Waals surface area (Å²) in [5, 5.41) is 12.9. The lowest BCUT2D eigenvalue weighted by Crippen LogP contribution is -2.14. The highest BCUT2D eigenvalue weighted by Crippen LogP contribution is 2.37. The van der Waals surface area contributed by atoms with E-state index in [4.69, 9.17) is 0 Å². The summed E-state index contributed by atoms with van der Waals surface area (Å²) in [6, 6.07) is 2.26. The molecular formula is C16H16N4OS. The molecule has 112 valence electrons. The first kappa shape index (κ1) is 14.7. The zero-order valence-electron chi connectivity index (χ0n) is 12.3. The zero-order chi connectivity index (χ0) is 15.5. The van der Waals surface area contributed by atoms with Crippen molar-refractivity contribution in [1.82, 2.24) is 9.97 Å². The van der Waals surface area contributed by atoms with Gasteiger partial charge in [-0.05, 0) is 38.2 Å². The fourth-order valence-electron chi connectivity index (χ4n) is 2.63. The number of nitrogens with one attached hydrogen (secondary N) is 1. The molecule has 3 rings (SSSR count). The molecule has 1 amide bonds. The van der Waals surface area contributed by atoms with E-state index in [9.17, 15) is 10.1 Å². The highest BCUT2D eigenvalue weighted by molar-refractivity contribution is 7.16. The molecule has 1 aliphatic carbocycles. The summed E-state index contributed by atoms with van der Waals surface area (Å²) in [6.45, 7) is 1.82. The average molecular weight is 312 g/mol. The van der Waals surface area contributed by atoms with Crippen molar-refractivity contribution in [3.63, 3.8) is 0 Å². The van der Waals surface area contributed by atoms with E-state index in [1.807, 2.05) is 6.92 Å². The topological polar surface area (TPSA) is 78.7 Å². The van der Waals surface area contributed by atoms with Crippen LogP contribution in [0.5, 0.6) is 0 Å². The van der Waals surface area contributed by atoms with Gasteiger partial charge in [0.15, 0.2) is 0 Å². The zero-order valence-corrected chi connectivity index (χ0v) is 13.2.